The van der Waals surface area contributed by atoms with Crippen molar-refractivity contribution < 1.29 is 19.0 Å². The Bertz CT molecular complexity index is 409. The van der Waals surface area contributed by atoms with Gasteiger partial charge in [0.25, 0.3) is 0 Å². The molecule has 5 heteroatoms. The normalized spacial score (nSPS) is 11.0. The Labute approximate surface area is 120 Å². The van der Waals surface area contributed by atoms with E-state index in [2.05, 4.69) is 5.32 Å². The molecule has 1 aromatic carbocycles. The van der Waals surface area contributed by atoms with Crippen LogP contribution in [0.1, 0.15) is 27.7 Å². The van der Waals surface area contributed by atoms with Crippen molar-refractivity contribution in [2.75, 3.05) is 25.1 Å². The van der Waals surface area contributed by atoms with Crippen LogP contribution < -0.4 is 10.1 Å². The molecule has 0 bridgehead atoms. The van der Waals surface area contributed by atoms with Crippen LogP contribution >= 0.6 is 0 Å². The lowest BCUT2D eigenvalue weighted by Crippen LogP contribution is -2.27. The van der Waals surface area contributed by atoms with Crippen LogP contribution in [0.5, 0.6) is 5.75 Å². The Kier molecular flexibility index (Phi) is 6.31. The van der Waals surface area contributed by atoms with Gasteiger partial charge in [-0.2, -0.15) is 0 Å². The highest BCUT2D eigenvalue weighted by Crippen LogP contribution is 2.16. The molecule has 20 heavy (non-hydrogen) atoms. The Balaban J connectivity index is 2.40. The van der Waals surface area contributed by atoms with Gasteiger partial charge in [0.2, 0.25) is 0 Å². The van der Waals surface area contributed by atoms with Gasteiger partial charge < -0.3 is 14.2 Å². The van der Waals surface area contributed by atoms with Gasteiger partial charge in [0.05, 0.1) is 6.61 Å². The van der Waals surface area contributed by atoms with Gasteiger partial charge in [-0.1, -0.05) is 0 Å². The number of hydrogen-bond donors (Lipinski definition) is 1. The lowest BCUT2D eigenvalue weighted by molar-refractivity contribution is 0.0636. The molecule has 0 aliphatic carbocycles. The lowest BCUT2D eigenvalue weighted by atomic mass is 10.2. The lowest BCUT2D eigenvalue weighted by Gasteiger charge is -2.19. The van der Waals surface area contributed by atoms with Crippen LogP contribution in [0.2, 0.25) is 0 Å². The first-order chi connectivity index (χ1) is 9.40. The van der Waals surface area contributed by atoms with E-state index in [1.54, 1.807) is 24.3 Å². The molecule has 5 nitrogen and oxygen atoms in total. The summed E-state index contributed by atoms with van der Waals surface area (Å²) in [5.74, 6) is 0.736. The molecule has 0 saturated heterocycles. The number of rotatable bonds is 6. The number of anilines is 1. The van der Waals surface area contributed by atoms with E-state index in [-0.39, 0.29) is 0 Å². The van der Waals surface area contributed by atoms with Crippen LogP contribution in [0, 0.1) is 0 Å². The first-order valence-corrected chi connectivity index (χ1v) is 6.71. The van der Waals surface area contributed by atoms with Crippen molar-refractivity contribution in [3.05, 3.63) is 24.3 Å². The molecule has 1 aromatic rings. The Hall–Kier alpha value is -1.75. The fraction of sp³-hybridized carbons (Fsp3) is 0.533. The standard InChI is InChI=1S/C15H23NO4/c1-5-18-10-11-19-13-8-6-12(7-9-13)16-14(17)20-15(2,3)4/h6-9H,5,10-11H2,1-4H3,(H,16,17). The monoisotopic (exact) mass is 281 g/mol. The molecule has 112 valence electrons. The van der Waals surface area contributed by atoms with Crippen LogP contribution in [0.3, 0.4) is 0 Å². The van der Waals surface area contributed by atoms with Crippen molar-refractivity contribution in [3.8, 4) is 5.75 Å². The molecule has 0 aliphatic heterocycles. The minimum atomic E-state index is -0.508. The second-order valence-corrected chi connectivity index (χ2v) is 5.20. The van der Waals surface area contributed by atoms with Crippen LogP contribution in [0.25, 0.3) is 0 Å². The quantitative estimate of drug-likeness (QED) is 0.811. The average molecular weight is 281 g/mol. The molecular formula is C15H23NO4. The van der Waals surface area contributed by atoms with Gasteiger partial charge in [0.1, 0.15) is 18.0 Å². The van der Waals surface area contributed by atoms with Crippen molar-refractivity contribution in [1.29, 1.82) is 0 Å². The predicted molar refractivity (Wildman–Crippen MR) is 78.3 cm³/mol. The molecule has 0 spiro atoms. The third kappa shape index (κ3) is 6.99. The summed E-state index contributed by atoms with van der Waals surface area (Å²) in [7, 11) is 0. The highest BCUT2D eigenvalue weighted by atomic mass is 16.6. The SMILES string of the molecule is CCOCCOc1ccc(NC(=O)OC(C)(C)C)cc1. The van der Waals surface area contributed by atoms with Gasteiger partial charge in [0.15, 0.2) is 0 Å². The zero-order valence-electron chi connectivity index (χ0n) is 12.6. The Morgan fingerprint density at radius 2 is 1.80 bits per heavy atom. The first-order valence-electron chi connectivity index (χ1n) is 6.71. The summed E-state index contributed by atoms with van der Waals surface area (Å²) in [6.07, 6.45) is -0.470. The molecule has 1 N–H and O–H groups in total. The number of amides is 1. The highest BCUT2D eigenvalue weighted by molar-refractivity contribution is 5.84. The molecule has 0 fully saturated rings. The number of ether oxygens (including phenoxy) is 3. The van der Waals surface area contributed by atoms with Gasteiger partial charge in [-0.25, -0.2) is 4.79 Å². The van der Waals surface area contributed by atoms with Crippen molar-refractivity contribution in [2.24, 2.45) is 0 Å². The number of hydrogen-bond acceptors (Lipinski definition) is 4. The maximum atomic E-state index is 11.6. The van der Waals surface area contributed by atoms with Crippen molar-refractivity contribution in [2.45, 2.75) is 33.3 Å². The number of benzene rings is 1. The van der Waals surface area contributed by atoms with E-state index < -0.39 is 11.7 Å². The molecule has 0 aliphatic rings. The minimum Gasteiger partial charge on any atom is -0.491 e. The summed E-state index contributed by atoms with van der Waals surface area (Å²) >= 11 is 0. The molecular weight excluding hydrogens is 258 g/mol. The molecule has 0 heterocycles. The first kappa shape index (κ1) is 16.3. The second-order valence-electron chi connectivity index (χ2n) is 5.20. The predicted octanol–water partition coefficient (Wildman–Crippen LogP) is 3.45. The maximum absolute atomic E-state index is 11.6. The van der Waals surface area contributed by atoms with E-state index in [4.69, 9.17) is 14.2 Å². The van der Waals surface area contributed by atoms with Gasteiger partial charge in [-0.05, 0) is 52.0 Å². The number of carbonyl (C=O) groups is 1. The average Bonchev–Trinajstić information content (AvgIpc) is 2.34. The fourth-order valence-electron chi connectivity index (χ4n) is 1.42. The highest BCUT2D eigenvalue weighted by Gasteiger charge is 2.15. The topological polar surface area (TPSA) is 56.8 Å². The van der Waals surface area contributed by atoms with Crippen LogP contribution in [-0.4, -0.2) is 31.5 Å². The third-order valence-electron chi connectivity index (χ3n) is 2.20. The van der Waals surface area contributed by atoms with E-state index >= 15 is 0 Å². The van der Waals surface area contributed by atoms with Crippen molar-refractivity contribution in [3.63, 3.8) is 0 Å². The van der Waals surface area contributed by atoms with Crippen LogP contribution in [-0.2, 0) is 9.47 Å². The second kappa shape index (κ2) is 7.75. The van der Waals surface area contributed by atoms with E-state index in [9.17, 15) is 4.79 Å². The minimum absolute atomic E-state index is 0.470. The summed E-state index contributed by atoms with van der Waals surface area (Å²) in [5.41, 5.74) is 0.156. The molecule has 1 rings (SSSR count). The van der Waals surface area contributed by atoms with E-state index in [1.165, 1.54) is 0 Å². The van der Waals surface area contributed by atoms with Gasteiger partial charge in [0, 0.05) is 12.3 Å². The van der Waals surface area contributed by atoms with Gasteiger partial charge >= 0.3 is 6.09 Å². The number of nitrogens with one attached hydrogen (secondary N) is 1. The summed E-state index contributed by atoms with van der Waals surface area (Å²) < 4.78 is 15.8. The Morgan fingerprint density at radius 1 is 1.15 bits per heavy atom. The largest absolute Gasteiger partial charge is 0.491 e. The van der Waals surface area contributed by atoms with Crippen molar-refractivity contribution >= 4 is 11.8 Å². The smallest absolute Gasteiger partial charge is 0.412 e. The van der Waals surface area contributed by atoms with Gasteiger partial charge in [-0.15, -0.1) is 0 Å². The fourth-order valence-corrected chi connectivity index (χ4v) is 1.42. The molecule has 0 saturated carbocycles. The summed E-state index contributed by atoms with van der Waals surface area (Å²) in [5, 5.41) is 2.66. The van der Waals surface area contributed by atoms with E-state index in [1.807, 2.05) is 27.7 Å². The maximum Gasteiger partial charge on any atom is 0.412 e. The van der Waals surface area contributed by atoms with Crippen molar-refractivity contribution in [1.82, 2.24) is 0 Å². The van der Waals surface area contributed by atoms with E-state index in [0.717, 1.165) is 5.75 Å². The molecule has 0 radical (unpaired) electrons. The molecule has 0 aromatic heterocycles. The van der Waals surface area contributed by atoms with Crippen LogP contribution in [0.4, 0.5) is 10.5 Å². The zero-order valence-corrected chi connectivity index (χ0v) is 12.6. The molecule has 0 atom stereocenters. The van der Waals surface area contributed by atoms with E-state index in [0.29, 0.717) is 25.5 Å². The van der Waals surface area contributed by atoms with Gasteiger partial charge in [-0.3, -0.25) is 5.32 Å². The summed E-state index contributed by atoms with van der Waals surface area (Å²) in [6, 6.07) is 7.11. The zero-order chi connectivity index (χ0) is 15.0. The molecule has 1 amide bonds. The Morgan fingerprint density at radius 3 is 2.35 bits per heavy atom. The molecule has 0 unspecified atom stereocenters. The summed E-state index contributed by atoms with van der Waals surface area (Å²) in [6.45, 7) is 9.16. The third-order valence-corrected chi connectivity index (χ3v) is 2.20. The van der Waals surface area contributed by atoms with Crippen LogP contribution in [0.15, 0.2) is 24.3 Å². The summed E-state index contributed by atoms with van der Waals surface area (Å²) in [4.78, 5) is 11.6. The number of carbonyl (C=O) groups excluding carboxylic acids is 1.